The van der Waals surface area contributed by atoms with Gasteiger partial charge in [0.1, 0.15) is 5.75 Å². The second kappa shape index (κ2) is 5.57. The molecule has 0 unspecified atom stereocenters. The third kappa shape index (κ3) is 2.36. The number of rotatable bonds is 4. The molecule has 2 aromatic rings. The van der Waals surface area contributed by atoms with Crippen molar-refractivity contribution in [1.29, 1.82) is 0 Å². The fourth-order valence-electron chi connectivity index (χ4n) is 2.90. The van der Waals surface area contributed by atoms with Crippen molar-refractivity contribution in [3.05, 3.63) is 40.5 Å². The lowest BCUT2D eigenvalue weighted by atomic mass is 9.94. The van der Waals surface area contributed by atoms with Gasteiger partial charge in [0, 0.05) is 30.3 Å². The van der Waals surface area contributed by atoms with E-state index in [0.717, 1.165) is 35.5 Å². The predicted molar refractivity (Wildman–Crippen MR) is 84.4 cm³/mol. The van der Waals surface area contributed by atoms with Gasteiger partial charge in [0.05, 0.1) is 17.3 Å². The van der Waals surface area contributed by atoms with E-state index >= 15 is 0 Å². The molecular formula is C17H18ClNO2. The van der Waals surface area contributed by atoms with Crippen LogP contribution < -0.4 is 4.74 Å². The number of hydrogen-bond acceptors (Lipinski definition) is 2. The fraction of sp³-hybridized carbons (Fsp3) is 0.353. The second-order valence-corrected chi connectivity index (χ2v) is 5.58. The number of nitrogens with zero attached hydrogens (tertiary/aromatic N) is 1. The lowest BCUT2D eigenvalue weighted by Gasteiger charge is -2.22. The van der Waals surface area contributed by atoms with E-state index in [0.29, 0.717) is 18.1 Å². The zero-order chi connectivity index (χ0) is 15.0. The average Bonchev–Trinajstić information content (AvgIpc) is 2.92. The highest BCUT2D eigenvalue weighted by molar-refractivity contribution is 6.32. The summed E-state index contributed by atoms with van der Waals surface area (Å²) < 4.78 is 7.71. The molecule has 110 valence electrons. The summed E-state index contributed by atoms with van der Waals surface area (Å²) in [5.41, 5.74) is 4.03. The zero-order valence-electron chi connectivity index (χ0n) is 12.3. The molecule has 0 spiro atoms. The van der Waals surface area contributed by atoms with Crippen molar-refractivity contribution >= 4 is 17.4 Å². The van der Waals surface area contributed by atoms with Crippen LogP contribution in [0.25, 0.3) is 11.3 Å². The van der Waals surface area contributed by atoms with Gasteiger partial charge in [0.2, 0.25) is 0 Å². The van der Waals surface area contributed by atoms with E-state index in [-0.39, 0.29) is 5.78 Å². The number of ketones is 1. The summed E-state index contributed by atoms with van der Waals surface area (Å²) in [6.45, 7) is 5.31. The number of ether oxygens (including phenoxy) is 1. The summed E-state index contributed by atoms with van der Waals surface area (Å²) in [4.78, 5) is 12.1. The topological polar surface area (TPSA) is 31.2 Å². The molecule has 0 saturated heterocycles. The maximum Gasteiger partial charge on any atom is 0.164 e. The van der Waals surface area contributed by atoms with E-state index in [1.54, 1.807) is 0 Å². The van der Waals surface area contributed by atoms with Crippen molar-refractivity contribution in [3.63, 3.8) is 0 Å². The lowest BCUT2D eigenvalue weighted by Crippen LogP contribution is -2.12. The molecule has 0 amide bonds. The van der Waals surface area contributed by atoms with Crippen LogP contribution in [0.15, 0.2) is 24.4 Å². The van der Waals surface area contributed by atoms with Gasteiger partial charge in [-0.15, -0.1) is 0 Å². The molecule has 0 bridgehead atoms. The van der Waals surface area contributed by atoms with Crippen molar-refractivity contribution in [2.45, 2.75) is 33.2 Å². The van der Waals surface area contributed by atoms with Gasteiger partial charge >= 0.3 is 0 Å². The highest BCUT2D eigenvalue weighted by Gasteiger charge is 2.23. The summed E-state index contributed by atoms with van der Waals surface area (Å²) in [5, 5.41) is 0.597. The third-order valence-electron chi connectivity index (χ3n) is 3.92. The normalized spacial score (nSPS) is 12.7. The van der Waals surface area contributed by atoms with Gasteiger partial charge in [0.15, 0.2) is 5.78 Å². The summed E-state index contributed by atoms with van der Waals surface area (Å²) in [7, 11) is 0. The minimum absolute atomic E-state index is 0.168. The Balaban J connectivity index is 2.16. The van der Waals surface area contributed by atoms with Crippen molar-refractivity contribution in [1.82, 2.24) is 4.57 Å². The standard InChI is InChI=1S/C17H18ClNO2/c1-3-15(20)12-6-8-19-7-5-11-9-16(21-4-2)14(18)10-13(11)17(12)19/h6,8-10H,3-5,7H2,1-2H3. The minimum atomic E-state index is 0.168. The van der Waals surface area contributed by atoms with Crippen LogP contribution in [0, 0.1) is 0 Å². The molecule has 0 radical (unpaired) electrons. The first-order valence-corrected chi connectivity index (χ1v) is 7.71. The molecular weight excluding hydrogens is 286 g/mol. The second-order valence-electron chi connectivity index (χ2n) is 5.17. The molecule has 1 aromatic carbocycles. The Hall–Kier alpha value is -1.74. The number of benzene rings is 1. The maximum absolute atomic E-state index is 12.1. The molecule has 1 aliphatic rings. The van der Waals surface area contributed by atoms with E-state index in [4.69, 9.17) is 16.3 Å². The van der Waals surface area contributed by atoms with Gasteiger partial charge in [-0.05, 0) is 37.1 Å². The van der Waals surface area contributed by atoms with Crippen LogP contribution in [0.3, 0.4) is 0 Å². The highest BCUT2D eigenvalue weighted by atomic mass is 35.5. The summed E-state index contributed by atoms with van der Waals surface area (Å²) in [6, 6.07) is 5.86. The van der Waals surface area contributed by atoms with Crippen molar-refractivity contribution in [2.75, 3.05) is 6.61 Å². The van der Waals surface area contributed by atoms with E-state index in [2.05, 4.69) is 4.57 Å². The molecule has 2 heterocycles. The number of hydrogen-bond donors (Lipinski definition) is 0. The van der Waals surface area contributed by atoms with Gasteiger partial charge in [-0.1, -0.05) is 18.5 Å². The molecule has 3 nitrogen and oxygen atoms in total. The van der Waals surface area contributed by atoms with Crippen LogP contribution in [0.4, 0.5) is 0 Å². The number of aromatic nitrogens is 1. The molecule has 1 aromatic heterocycles. The number of carbonyl (C=O) groups excluding carboxylic acids is 1. The Labute approximate surface area is 129 Å². The molecule has 1 aliphatic heterocycles. The number of aryl methyl sites for hydroxylation is 2. The quantitative estimate of drug-likeness (QED) is 0.786. The number of carbonyl (C=O) groups is 1. The summed E-state index contributed by atoms with van der Waals surface area (Å²) in [5.74, 6) is 0.892. The van der Waals surface area contributed by atoms with Crippen molar-refractivity contribution in [3.8, 4) is 17.0 Å². The Morgan fingerprint density at radius 1 is 1.38 bits per heavy atom. The van der Waals surface area contributed by atoms with Crippen LogP contribution in [0.2, 0.25) is 5.02 Å². The van der Waals surface area contributed by atoms with E-state index in [1.807, 2.05) is 38.2 Å². The molecule has 0 fully saturated rings. The lowest BCUT2D eigenvalue weighted by molar-refractivity contribution is 0.0989. The summed E-state index contributed by atoms with van der Waals surface area (Å²) >= 11 is 6.32. The molecule has 0 atom stereocenters. The number of fused-ring (bicyclic) bond motifs is 3. The van der Waals surface area contributed by atoms with Gasteiger partial charge < -0.3 is 9.30 Å². The van der Waals surface area contributed by atoms with Crippen LogP contribution in [-0.2, 0) is 13.0 Å². The van der Waals surface area contributed by atoms with E-state index < -0.39 is 0 Å². The van der Waals surface area contributed by atoms with Crippen LogP contribution in [0.5, 0.6) is 5.75 Å². The van der Waals surface area contributed by atoms with Gasteiger partial charge in [-0.25, -0.2) is 0 Å². The Morgan fingerprint density at radius 3 is 2.90 bits per heavy atom. The molecule has 3 rings (SSSR count). The highest BCUT2D eigenvalue weighted by Crippen LogP contribution is 2.39. The zero-order valence-corrected chi connectivity index (χ0v) is 13.0. The monoisotopic (exact) mass is 303 g/mol. The third-order valence-corrected chi connectivity index (χ3v) is 4.22. The Morgan fingerprint density at radius 2 is 2.19 bits per heavy atom. The Kier molecular flexibility index (Phi) is 3.77. The minimum Gasteiger partial charge on any atom is -0.492 e. The first-order valence-electron chi connectivity index (χ1n) is 7.33. The summed E-state index contributed by atoms with van der Waals surface area (Å²) in [6.07, 6.45) is 3.43. The molecule has 0 aliphatic carbocycles. The maximum atomic E-state index is 12.1. The van der Waals surface area contributed by atoms with Gasteiger partial charge in [0.25, 0.3) is 0 Å². The first kappa shape index (κ1) is 14.2. The fourth-order valence-corrected chi connectivity index (χ4v) is 3.12. The van der Waals surface area contributed by atoms with Crippen LogP contribution in [-0.4, -0.2) is 17.0 Å². The van der Waals surface area contributed by atoms with Crippen LogP contribution in [0.1, 0.15) is 36.2 Å². The smallest absolute Gasteiger partial charge is 0.164 e. The molecule has 0 saturated carbocycles. The Bertz CT molecular complexity index is 703. The SMILES string of the molecule is CCOc1cc2c(cc1Cl)-c1c(C(=O)CC)ccn1CC2. The number of halogens is 1. The van der Waals surface area contributed by atoms with Crippen LogP contribution >= 0.6 is 11.6 Å². The van der Waals surface area contributed by atoms with E-state index in [9.17, 15) is 4.79 Å². The van der Waals surface area contributed by atoms with Gasteiger partial charge in [-0.2, -0.15) is 0 Å². The largest absolute Gasteiger partial charge is 0.492 e. The number of Topliss-reactive ketones (excluding diaryl/α,β-unsaturated/α-hetero) is 1. The van der Waals surface area contributed by atoms with Crippen molar-refractivity contribution < 1.29 is 9.53 Å². The first-order chi connectivity index (χ1) is 10.2. The molecule has 4 heteroatoms. The predicted octanol–water partition coefficient (Wildman–Crippen LogP) is 4.36. The van der Waals surface area contributed by atoms with E-state index in [1.165, 1.54) is 5.56 Å². The molecule has 0 N–H and O–H groups in total. The average molecular weight is 304 g/mol. The van der Waals surface area contributed by atoms with Gasteiger partial charge in [-0.3, -0.25) is 4.79 Å². The molecule has 21 heavy (non-hydrogen) atoms. The van der Waals surface area contributed by atoms with Crippen molar-refractivity contribution in [2.24, 2.45) is 0 Å².